The van der Waals surface area contributed by atoms with E-state index in [0.29, 0.717) is 28.4 Å². The molecule has 1 aliphatic heterocycles. The number of methoxy groups -OCH3 is 1. The molecule has 0 bridgehead atoms. The first kappa shape index (κ1) is 20.1. The molecule has 7 heteroatoms. The first-order chi connectivity index (χ1) is 14.5. The van der Waals surface area contributed by atoms with Gasteiger partial charge in [-0.05, 0) is 48.5 Å². The molecule has 3 aromatic rings. The Hall–Kier alpha value is -3.19. The largest absolute Gasteiger partial charge is 0.496 e. The monoisotopic (exact) mass is 472 g/mol. The van der Waals surface area contributed by atoms with Crippen molar-refractivity contribution in [3.05, 3.63) is 93.2 Å². The van der Waals surface area contributed by atoms with Gasteiger partial charge in [-0.15, -0.1) is 0 Å². The summed E-state index contributed by atoms with van der Waals surface area (Å²) in [5.74, 6) is -0.282. The molecule has 0 fully saturated rings. The van der Waals surface area contributed by atoms with E-state index in [-0.39, 0.29) is 23.7 Å². The third-order valence-corrected chi connectivity index (χ3v) is 5.06. The highest BCUT2D eigenvalue weighted by molar-refractivity contribution is 9.10. The van der Waals surface area contributed by atoms with Gasteiger partial charge in [-0.2, -0.15) is 0 Å². The molecule has 30 heavy (non-hydrogen) atoms. The van der Waals surface area contributed by atoms with Crippen LogP contribution in [0.4, 0.5) is 8.78 Å². The molecule has 1 heterocycles. The quantitative estimate of drug-likeness (QED) is 0.431. The van der Waals surface area contributed by atoms with Crippen LogP contribution < -0.4 is 14.2 Å². The predicted molar refractivity (Wildman–Crippen MR) is 111 cm³/mol. The lowest BCUT2D eigenvalue weighted by Gasteiger charge is -2.09. The third kappa shape index (κ3) is 3.93. The van der Waals surface area contributed by atoms with Crippen molar-refractivity contribution in [1.29, 1.82) is 0 Å². The van der Waals surface area contributed by atoms with Crippen LogP contribution in [0.5, 0.6) is 17.2 Å². The summed E-state index contributed by atoms with van der Waals surface area (Å²) in [6, 6.07) is 13.7. The molecule has 0 unspecified atom stereocenters. The zero-order valence-corrected chi connectivity index (χ0v) is 17.3. The first-order valence-electron chi connectivity index (χ1n) is 8.94. The molecular weight excluding hydrogens is 458 g/mol. The Bertz CT molecular complexity index is 1150. The van der Waals surface area contributed by atoms with E-state index in [1.807, 2.05) is 12.1 Å². The third-order valence-electron chi connectivity index (χ3n) is 4.56. The fourth-order valence-corrected chi connectivity index (χ4v) is 3.42. The number of allylic oxidation sites excluding steroid dienone is 1. The number of fused-ring (bicyclic) bond motifs is 1. The van der Waals surface area contributed by atoms with E-state index >= 15 is 0 Å². The van der Waals surface area contributed by atoms with Crippen LogP contribution in [-0.4, -0.2) is 12.9 Å². The minimum Gasteiger partial charge on any atom is -0.496 e. The van der Waals surface area contributed by atoms with Crippen LogP contribution in [0, 0.1) is 11.6 Å². The molecule has 3 aromatic carbocycles. The standard InChI is InChI=1S/C23H15BrF2O4/c1-28-20-8-5-14(24)9-13(20)10-22-23(27)16-7-6-15(11-21(16)30-22)29-12-17-18(25)3-2-4-19(17)26/h2-11H,12H2,1H3/b22-10-. The molecule has 0 amide bonds. The van der Waals surface area contributed by atoms with Crippen molar-refractivity contribution in [2.24, 2.45) is 0 Å². The Morgan fingerprint density at radius 3 is 2.57 bits per heavy atom. The van der Waals surface area contributed by atoms with Crippen molar-refractivity contribution in [3.8, 4) is 17.2 Å². The van der Waals surface area contributed by atoms with Crippen molar-refractivity contribution in [3.63, 3.8) is 0 Å². The number of halogens is 3. The van der Waals surface area contributed by atoms with Crippen LogP contribution in [0.25, 0.3) is 6.08 Å². The lowest BCUT2D eigenvalue weighted by molar-refractivity contribution is 0.101. The number of benzene rings is 3. The van der Waals surface area contributed by atoms with Crippen molar-refractivity contribution in [1.82, 2.24) is 0 Å². The zero-order chi connectivity index (χ0) is 21.3. The lowest BCUT2D eigenvalue weighted by Crippen LogP contribution is -2.01. The fraction of sp³-hybridized carbons (Fsp3) is 0.0870. The predicted octanol–water partition coefficient (Wildman–Crippen LogP) is 5.93. The summed E-state index contributed by atoms with van der Waals surface area (Å²) in [6.07, 6.45) is 1.60. The van der Waals surface area contributed by atoms with Gasteiger partial charge in [0.25, 0.3) is 0 Å². The molecule has 0 spiro atoms. The van der Waals surface area contributed by atoms with Gasteiger partial charge in [0, 0.05) is 16.1 Å². The van der Waals surface area contributed by atoms with Crippen LogP contribution in [0.15, 0.2) is 64.8 Å². The maximum atomic E-state index is 13.8. The van der Waals surface area contributed by atoms with Gasteiger partial charge in [0.15, 0.2) is 5.76 Å². The second kappa shape index (κ2) is 8.28. The number of hydrogen-bond donors (Lipinski definition) is 0. The van der Waals surface area contributed by atoms with E-state index in [4.69, 9.17) is 14.2 Å². The summed E-state index contributed by atoms with van der Waals surface area (Å²) < 4.78 is 44.9. The minimum atomic E-state index is -0.684. The van der Waals surface area contributed by atoms with Crippen LogP contribution in [0.2, 0.25) is 0 Å². The van der Waals surface area contributed by atoms with Crippen molar-refractivity contribution in [2.45, 2.75) is 6.61 Å². The van der Waals surface area contributed by atoms with Gasteiger partial charge < -0.3 is 14.2 Å². The van der Waals surface area contributed by atoms with Gasteiger partial charge in [-0.25, -0.2) is 8.78 Å². The van der Waals surface area contributed by atoms with Crippen molar-refractivity contribution >= 4 is 27.8 Å². The molecule has 1 aliphatic rings. The van der Waals surface area contributed by atoms with E-state index in [9.17, 15) is 13.6 Å². The summed E-state index contributed by atoms with van der Waals surface area (Å²) in [5.41, 5.74) is 0.881. The average molecular weight is 473 g/mol. The summed E-state index contributed by atoms with van der Waals surface area (Å²) in [4.78, 5) is 12.7. The summed E-state index contributed by atoms with van der Waals surface area (Å²) >= 11 is 3.39. The molecular formula is C23H15BrF2O4. The van der Waals surface area contributed by atoms with Gasteiger partial charge in [0.05, 0.1) is 18.2 Å². The van der Waals surface area contributed by atoms with Crippen molar-refractivity contribution < 1.29 is 27.8 Å². The second-order valence-corrected chi connectivity index (χ2v) is 7.39. The molecule has 0 N–H and O–H groups in total. The van der Waals surface area contributed by atoms with E-state index in [0.717, 1.165) is 4.47 Å². The van der Waals surface area contributed by atoms with Gasteiger partial charge in [0.2, 0.25) is 5.78 Å². The number of ether oxygens (including phenoxy) is 3. The highest BCUT2D eigenvalue weighted by Gasteiger charge is 2.28. The number of ketones is 1. The molecule has 4 nitrogen and oxygen atoms in total. The highest BCUT2D eigenvalue weighted by Crippen LogP contribution is 2.36. The molecule has 152 valence electrons. The summed E-state index contributed by atoms with van der Waals surface area (Å²) in [7, 11) is 1.54. The second-order valence-electron chi connectivity index (χ2n) is 6.47. The normalized spacial score (nSPS) is 13.9. The SMILES string of the molecule is COc1ccc(Br)cc1/C=C1\Oc2cc(OCc3c(F)cccc3F)ccc2C1=O. The first-order valence-corrected chi connectivity index (χ1v) is 9.73. The smallest absolute Gasteiger partial charge is 0.231 e. The highest BCUT2D eigenvalue weighted by atomic mass is 79.9. The van der Waals surface area contributed by atoms with Gasteiger partial charge >= 0.3 is 0 Å². The maximum absolute atomic E-state index is 13.8. The number of hydrogen-bond acceptors (Lipinski definition) is 4. The van der Waals surface area contributed by atoms with E-state index in [1.54, 1.807) is 31.4 Å². The lowest BCUT2D eigenvalue weighted by atomic mass is 10.1. The van der Waals surface area contributed by atoms with Gasteiger partial charge in [0.1, 0.15) is 35.5 Å². The molecule has 0 saturated carbocycles. The number of carbonyl (C=O) groups is 1. The summed E-state index contributed by atoms with van der Waals surface area (Å²) in [5, 5.41) is 0. The Kier molecular flexibility index (Phi) is 5.55. The van der Waals surface area contributed by atoms with Gasteiger partial charge in [-0.1, -0.05) is 22.0 Å². The topological polar surface area (TPSA) is 44.8 Å². The molecule has 0 aliphatic carbocycles. The zero-order valence-electron chi connectivity index (χ0n) is 15.7. The molecule has 0 atom stereocenters. The molecule has 0 radical (unpaired) electrons. The summed E-state index contributed by atoms with van der Waals surface area (Å²) in [6.45, 7) is -0.289. The Balaban J connectivity index is 1.56. The average Bonchev–Trinajstić information content (AvgIpc) is 3.02. The Morgan fingerprint density at radius 2 is 1.83 bits per heavy atom. The van der Waals surface area contributed by atoms with Gasteiger partial charge in [-0.3, -0.25) is 4.79 Å². The van der Waals surface area contributed by atoms with Crippen LogP contribution in [0.3, 0.4) is 0 Å². The number of Topliss-reactive ketones (excluding diaryl/α,β-unsaturated/α-hetero) is 1. The van der Waals surface area contributed by atoms with Crippen molar-refractivity contribution in [2.75, 3.05) is 7.11 Å². The molecule has 0 saturated heterocycles. The van der Waals surface area contributed by atoms with E-state index in [1.165, 1.54) is 24.3 Å². The maximum Gasteiger partial charge on any atom is 0.231 e. The van der Waals surface area contributed by atoms with Crippen LogP contribution >= 0.6 is 15.9 Å². The van der Waals surface area contributed by atoms with Crippen LogP contribution in [-0.2, 0) is 6.61 Å². The molecule has 4 rings (SSSR count). The van der Waals surface area contributed by atoms with E-state index in [2.05, 4.69) is 15.9 Å². The molecule has 0 aromatic heterocycles. The minimum absolute atomic E-state index is 0.138. The van der Waals surface area contributed by atoms with Crippen LogP contribution in [0.1, 0.15) is 21.5 Å². The number of rotatable bonds is 5. The Labute approximate surface area is 179 Å². The fourth-order valence-electron chi connectivity index (χ4n) is 3.04. The number of carbonyl (C=O) groups excluding carboxylic acids is 1. The van der Waals surface area contributed by atoms with E-state index < -0.39 is 11.6 Å². The Morgan fingerprint density at radius 1 is 1.07 bits per heavy atom.